The third-order valence-electron chi connectivity index (χ3n) is 5.17. The lowest BCUT2D eigenvalue weighted by Crippen LogP contribution is -2.39. The van der Waals surface area contributed by atoms with Gasteiger partial charge in [0.1, 0.15) is 0 Å². The maximum atomic E-state index is 13.3. The number of alkyl halides is 5. The van der Waals surface area contributed by atoms with Gasteiger partial charge in [-0.2, -0.15) is 23.4 Å². The fourth-order valence-electron chi connectivity index (χ4n) is 3.63. The predicted octanol–water partition coefficient (Wildman–Crippen LogP) is 4.18. The van der Waals surface area contributed by atoms with Gasteiger partial charge < -0.3 is 19.1 Å². The number of hydrogen-bond donors (Lipinski definition) is 0. The summed E-state index contributed by atoms with van der Waals surface area (Å²) in [5, 5.41) is 12.7. The zero-order chi connectivity index (χ0) is 24.2. The standard InChI is InChI=1S/C20H20F5N5O3/c1-32-19(31)29-6-2-3-13(9-29)18-27-17(28-33-18)11-30(10-16(21)22)14-5-4-12(8-26)15(7-14)20(23,24)25/h4-5,7,13,16H,2-3,6,9-11H2,1H3. The predicted molar refractivity (Wildman–Crippen MR) is 103 cm³/mol. The van der Waals surface area contributed by atoms with Crippen molar-refractivity contribution in [1.29, 1.82) is 5.26 Å². The molecular formula is C20H20F5N5O3. The minimum absolute atomic E-state index is 0.00115. The first kappa shape index (κ1) is 24.2. The average Bonchev–Trinajstić information content (AvgIpc) is 3.25. The SMILES string of the molecule is COC(=O)N1CCCC(c2nc(CN(CC(F)F)c3ccc(C#N)c(C(F)(F)F)c3)no2)C1. The van der Waals surface area contributed by atoms with Crippen LogP contribution in [0.15, 0.2) is 22.7 Å². The van der Waals surface area contributed by atoms with Gasteiger partial charge >= 0.3 is 12.3 Å². The summed E-state index contributed by atoms with van der Waals surface area (Å²) in [6.45, 7) is -0.441. The number of nitrogens with zero attached hydrogens (tertiary/aromatic N) is 5. The van der Waals surface area contributed by atoms with E-state index in [2.05, 4.69) is 10.1 Å². The molecule has 0 spiro atoms. The lowest BCUT2D eigenvalue weighted by Gasteiger charge is -2.29. The molecule has 1 fully saturated rings. The fraction of sp³-hybridized carbons (Fsp3) is 0.500. The molecule has 0 bridgehead atoms. The number of benzene rings is 1. The van der Waals surface area contributed by atoms with Crippen molar-refractivity contribution < 1.29 is 36.0 Å². The molecule has 1 amide bonds. The molecule has 1 unspecified atom stereocenters. The highest BCUT2D eigenvalue weighted by atomic mass is 19.4. The van der Waals surface area contributed by atoms with Crippen LogP contribution in [0, 0.1) is 11.3 Å². The molecule has 2 aromatic rings. The number of rotatable bonds is 6. The molecule has 1 saturated heterocycles. The average molecular weight is 473 g/mol. The van der Waals surface area contributed by atoms with Crippen molar-refractivity contribution in [2.45, 2.75) is 37.9 Å². The van der Waals surface area contributed by atoms with Gasteiger partial charge in [-0.25, -0.2) is 13.6 Å². The van der Waals surface area contributed by atoms with Gasteiger partial charge in [0.25, 0.3) is 6.43 Å². The number of amides is 1. The van der Waals surface area contributed by atoms with Crippen LogP contribution in [0.1, 0.15) is 41.6 Å². The molecule has 0 N–H and O–H groups in total. The Kier molecular flexibility index (Phi) is 7.35. The van der Waals surface area contributed by atoms with Crippen molar-refractivity contribution in [2.75, 3.05) is 31.6 Å². The molecule has 0 saturated carbocycles. The van der Waals surface area contributed by atoms with Crippen molar-refractivity contribution in [2.24, 2.45) is 0 Å². The van der Waals surface area contributed by atoms with E-state index in [0.29, 0.717) is 25.5 Å². The van der Waals surface area contributed by atoms with Crippen LogP contribution in [-0.4, -0.2) is 54.3 Å². The number of aromatic nitrogens is 2. The number of carbonyl (C=O) groups excluding carboxylic acids is 1. The van der Waals surface area contributed by atoms with Gasteiger partial charge in [-0.05, 0) is 31.0 Å². The molecule has 0 radical (unpaired) electrons. The summed E-state index contributed by atoms with van der Waals surface area (Å²) in [5.41, 5.74) is -2.00. The Hall–Kier alpha value is -3.43. The van der Waals surface area contributed by atoms with Crippen molar-refractivity contribution in [1.82, 2.24) is 15.0 Å². The molecule has 178 valence electrons. The van der Waals surface area contributed by atoms with Crippen molar-refractivity contribution >= 4 is 11.8 Å². The summed E-state index contributed by atoms with van der Waals surface area (Å²) in [6, 6.07) is 4.19. The summed E-state index contributed by atoms with van der Waals surface area (Å²) >= 11 is 0. The van der Waals surface area contributed by atoms with E-state index in [0.717, 1.165) is 17.0 Å². The first-order chi connectivity index (χ1) is 15.6. The van der Waals surface area contributed by atoms with Gasteiger partial charge in [-0.15, -0.1) is 0 Å². The van der Waals surface area contributed by atoms with E-state index in [1.807, 2.05) is 0 Å². The molecule has 0 aliphatic carbocycles. The molecule has 13 heteroatoms. The van der Waals surface area contributed by atoms with Gasteiger partial charge in [0.2, 0.25) is 5.89 Å². The van der Waals surface area contributed by atoms with Gasteiger partial charge in [0, 0.05) is 18.8 Å². The van der Waals surface area contributed by atoms with E-state index in [9.17, 15) is 26.7 Å². The first-order valence-electron chi connectivity index (χ1n) is 9.92. The minimum atomic E-state index is -4.83. The number of carbonyl (C=O) groups is 1. The third-order valence-corrected chi connectivity index (χ3v) is 5.17. The minimum Gasteiger partial charge on any atom is -0.453 e. The van der Waals surface area contributed by atoms with Crippen LogP contribution in [0.3, 0.4) is 0 Å². The third kappa shape index (κ3) is 5.88. The molecule has 1 aliphatic heterocycles. The highest BCUT2D eigenvalue weighted by Gasteiger charge is 2.35. The Balaban J connectivity index is 1.82. The number of methoxy groups -OCH3 is 1. The van der Waals surface area contributed by atoms with Crippen molar-refractivity contribution in [3.8, 4) is 6.07 Å². The molecule has 1 aliphatic rings. The summed E-state index contributed by atoms with van der Waals surface area (Å²) < 4.78 is 76.2. The zero-order valence-corrected chi connectivity index (χ0v) is 17.5. The monoisotopic (exact) mass is 473 g/mol. The summed E-state index contributed by atoms with van der Waals surface area (Å²) in [4.78, 5) is 18.4. The summed E-state index contributed by atoms with van der Waals surface area (Å²) in [7, 11) is 1.27. The van der Waals surface area contributed by atoms with Crippen LogP contribution in [-0.2, 0) is 17.5 Å². The van der Waals surface area contributed by atoms with Crippen LogP contribution in [0.4, 0.5) is 32.4 Å². The van der Waals surface area contributed by atoms with Gasteiger partial charge in [-0.3, -0.25) is 0 Å². The molecule has 2 heterocycles. The van der Waals surface area contributed by atoms with Gasteiger partial charge in [0.05, 0.1) is 43.3 Å². The highest BCUT2D eigenvalue weighted by molar-refractivity contribution is 5.67. The van der Waals surface area contributed by atoms with E-state index in [-0.39, 0.29) is 36.4 Å². The maximum absolute atomic E-state index is 13.3. The second-order valence-corrected chi connectivity index (χ2v) is 7.42. The van der Waals surface area contributed by atoms with E-state index in [1.54, 1.807) is 0 Å². The number of piperidine rings is 1. The first-order valence-corrected chi connectivity index (χ1v) is 9.92. The number of hydrogen-bond acceptors (Lipinski definition) is 7. The number of likely N-dealkylation sites (tertiary alicyclic amines) is 1. The quantitative estimate of drug-likeness (QED) is 0.581. The largest absolute Gasteiger partial charge is 0.453 e. The van der Waals surface area contributed by atoms with Crippen LogP contribution in [0.5, 0.6) is 0 Å². The van der Waals surface area contributed by atoms with Crippen LogP contribution in [0.25, 0.3) is 0 Å². The number of nitriles is 1. The molecule has 1 atom stereocenters. The second kappa shape index (κ2) is 10.0. The van der Waals surface area contributed by atoms with Crippen LogP contribution in [0.2, 0.25) is 0 Å². The van der Waals surface area contributed by atoms with E-state index < -0.39 is 36.4 Å². The van der Waals surface area contributed by atoms with E-state index >= 15 is 0 Å². The van der Waals surface area contributed by atoms with Crippen LogP contribution < -0.4 is 4.90 Å². The molecule has 3 rings (SSSR count). The Morgan fingerprint density at radius 1 is 1.42 bits per heavy atom. The lowest BCUT2D eigenvalue weighted by atomic mass is 9.98. The summed E-state index contributed by atoms with van der Waals surface area (Å²) in [6.07, 6.45) is -6.86. The van der Waals surface area contributed by atoms with Gasteiger partial charge in [0.15, 0.2) is 5.82 Å². The Labute approximate surface area is 185 Å². The lowest BCUT2D eigenvalue weighted by molar-refractivity contribution is -0.137. The van der Waals surface area contributed by atoms with Gasteiger partial charge in [-0.1, -0.05) is 5.16 Å². The Morgan fingerprint density at radius 3 is 2.82 bits per heavy atom. The van der Waals surface area contributed by atoms with Crippen molar-refractivity contribution in [3.05, 3.63) is 41.0 Å². The Morgan fingerprint density at radius 2 is 2.18 bits per heavy atom. The molecule has 33 heavy (non-hydrogen) atoms. The Bertz CT molecular complexity index is 1020. The zero-order valence-electron chi connectivity index (χ0n) is 17.5. The fourth-order valence-corrected chi connectivity index (χ4v) is 3.63. The molecule has 8 nitrogen and oxygen atoms in total. The van der Waals surface area contributed by atoms with Crippen molar-refractivity contribution in [3.63, 3.8) is 0 Å². The molecule has 1 aromatic heterocycles. The number of halogens is 5. The van der Waals surface area contributed by atoms with Crippen LogP contribution >= 0.6 is 0 Å². The normalized spacial score (nSPS) is 16.5. The smallest absolute Gasteiger partial charge is 0.417 e. The molecular weight excluding hydrogens is 453 g/mol. The van der Waals surface area contributed by atoms with E-state index in [4.69, 9.17) is 14.5 Å². The maximum Gasteiger partial charge on any atom is 0.417 e. The second-order valence-electron chi connectivity index (χ2n) is 7.42. The number of anilines is 1. The topological polar surface area (TPSA) is 95.5 Å². The van der Waals surface area contributed by atoms with E-state index in [1.165, 1.54) is 18.1 Å². The molecule has 1 aromatic carbocycles. The summed E-state index contributed by atoms with van der Waals surface area (Å²) in [5.74, 6) is -0.0837. The number of ether oxygens (including phenoxy) is 1. The highest BCUT2D eigenvalue weighted by Crippen LogP contribution is 2.35.